The van der Waals surface area contributed by atoms with E-state index in [1.54, 1.807) is 12.1 Å². The number of imidazole rings is 1. The van der Waals surface area contributed by atoms with Crippen LogP contribution in [0.5, 0.6) is 0 Å². The third-order valence-electron chi connectivity index (χ3n) is 2.23. The van der Waals surface area contributed by atoms with Crippen LogP contribution in [0.15, 0.2) is 24.3 Å². The number of carbonyl (C=O) groups is 1. The number of alkyl halides is 3. The Morgan fingerprint density at radius 2 is 2.00 bits per heavy atom. The second kappa shape index (κ2) is 3.76. The maximum Gasteiger partial charge on any atom is 0.450 e. The Hall–Kier alpha value is -2.05. The van der Waals surface area contributed by atoms with Crippen molar-refractivity contribution in [3.8, 4) is 0 Å². The second-order valence-electron chi connectivity index (χ2n) is 3.31. The first-order valence-electron chi connectivity index (χ1n) is 4.72. The molecule has 17 heavy (non-hydrogen) atoms. The fraction of sp³-hybridized carbons (Fsp3) is 0.200. The first kappa shape index (κ1) is 11.4. The van der Waals surface area contributed by atoms with E-state index in [0.29, 0.717) is 4.57 Å². The molecule has 2 aromatic rings. The van der Waals surface area contributed by atoms with Crippen molar-refractivity contribution in [1.29, 1.82) is 0 Å². The van der Waals surface area contributed by atoms with Crippen LogP contribution in [0.3, 0.4) is 0 Å². The van der Waals surface area contributed by atoms with Gasteiger partial charge in [0.25, 0.3) is 0 Å². The van der Waals surface area contributed by atoms with Crippen molar-refractivity contribution in [2.45, 2.75) is 6.18 Å². The van der Waals surface area contributed by atoms with E-state index in [4.69, 9.17) is 0 Å². The molecule has 0 bridgehead atoms. The lowest BCUT2D eigenvalue weighted by Crippen LogP contribution is -2.29. The number of para-hydroxylation sites is 2. The highest BCUT2D eigenvalue weighted by atomic mass is 19.4. The molecule has 0 radical (unpaired) electrons. The highest BCUT2D eigenvalue weighted by Gasteiger charge is 2.39. The Labute approximate surface area is 94.1 Å². The predicted molar refractivity (Wildman–Crippen MR) is 54.6 cm³/mol. The molecule has 1 aromatic heterocycles. The second-order valence-corrected chi connectivity index (χ2v) is 3.31. The highest BCUT2D eigenvalue weighted by Crippen LogP contribution is 2.31. The van der Waals surface area contributed by atoms with Crippen molar-refractivity contribution < 1.29 is 18.0 Å². The summed E-state index contributed by atoms with van der Waals surface area (Å²) in [6.45, 7) is 0. The number of carbonyl (C=O) groups excluding carboxylic acids is 1. The Bertz CT molecular complexity index is 574. The third-order valence-corrected chi connectivity index (χ3v) is 2.23. The summed E-state index contributed by atoms with van der Waals surface area (Å²) in [7, 11) is 1.26. The molecule has 1 aromatic carbocycles. The minimum atomic E-state index is -4.68. The van der Waals surface area contributed by atoms with Crippen LogP contribution in [0.2, 0.25) is 0 Å². The average Bonchev–Trinajstić information content (AvgIpc) is 2.67. The summed E-state index contributed by atoms with van der Waals surface area (Å²) in [4.78, 5) is 14.9. The highest BCUT2D eigenvalue weighted by molar-refractivity contribution is 5.90. The molecule has 0 aliphatic heterocycles. The van der Waals surface area contributed by atoms with E-state index < -0.39 is 18.0 Å². The molecular weight excluding hydrogens is 235 g/mol. The fourth-order valence-electron chi connectivity index (χ4n) is 1.53. The van der Waals surface area contributed by atoms with Gasteiger partial charge >= 0.3 is 12.2 Å². The molecule has 0 aliphatic rings. The van der Waals surface area contributed by atoms with Gasteiger partial charge in [0.1, 0.15) is 0 Å². The number of nitrogens with zero attached hydrogens (tertiary/aromatic N) is 2. The zero-order chi connectivity index (χ0) is 12.6. The van der Waals surface area contributed by atoms with E-state index >= 15 is 0 Å². The van der Waals surface area contributed by atoms with Gasteiger partial charge in [0.15, 0.2) is 0 Å². The summed E-state index contributed by atoms with van der Waals surface area (Å²) in [6.07, 6.45) is -4.68. The SMILES string of the molecule is CNC(=O)n1c(C(F)(F)F)nc2ccccc21. The van der Waals surface area contributed by atoms with Gasteiger partial charge in [-0.05, 0) is 12.1 Å². The summed E-state index contributed by atoms with van der Waals surface area (Å²) < 4.78 is 38.7. The van der Waals surface area contributed by atoms with E-state index in [1.807, 2.05) is 0 Å². The van der Waals surface area contributed by atoms with Crippen LogP contribution < -0.4 is 5.32 Å². The molecule has 1 heterocycles. The van der Waals surface area contributed by atoms with E-state index in [1.165, 1.54) is 19.2 Å². The summed E-state index contributed by atoms with van der Waals surface area (Å²) in [6, 6.07) is 5.07. The molecule has 1 N–H and O–H groups in total. The van der Waals surface area contributed by atoms with Crippen LogP contribution in [0.4, 0.5) is 18.0 Å². The third kappa shape index (κ3) is 1.83. The van der Waals surface area contributed by atoms with Crippen LogP contribution in [0.25, 0.3) is 11.0 Å². The molecule has 2 rings (SSSR count). The van der Waals surface area contributed by atoms with E-state index in [9.17, 15) is 18.0 Å². The average molecular weight is 243 g/mol. The zero-order valence-electron chi connectivity index (χ0n) is 8.75. The number of halogens is 3. The number of nitrogens with one attached hydrogen (secondary N) is 1. The van der Waals surface area contributed by atoms with Gasteiger partial charge in [0.2, 0.25) is 5.82 Å². The number of rotatable bonds is 0. The Balaban J connectivity index is 2.79. The zero-order valence-corrected chi connectivity index (χ0v) is 8.75. The van der Waals surface area contributed by atoms with Crippen molar-refractivity contribution in [3.05, 3.63) is 30.1 Å². The van der Waals surface area contributed by atoms with Crippen LogP contribution in [-0.2, 0) is 6.18 Å². The Kier molecular flexibility index (Phi) is 2.53. The van der Waals surface area contributed by atoms with Crippen LogP contribution in [0, 0.1) is 0 Å². The standard InChI is InChI=1S/C10H8F3N3O/c1-14-9(17)16-7-5-3-2-4-6(7)15-8(16)10(11,12)13/h2-5H,1H3,(H,14,17). The number of aromatic nitrogens is 2. The maximum atomic E-state index is 12.7. The molecular formula is C10H8F3N3O. The molecule has 0 saturated carbocycles. The lowest BCUT2D eigenvalue weighted by Gasteiger charge is -2.08. The van der Waals surface area contributed by atoms with Crippen LogP contribution in [0.1, 0.15) is 5.82 Å². The molecule has 0 unspecified atom stereocenters. The molecule has 0 saturated heterocycles. The molecule has 90 valence electrons. The number of hydrogen-bond donors (Lipinski definition) is 1. The number of hydrogen-bond acceptors (Lipinski definition) is 2. The van der Waals surface area contributed by atoms with Gasteiger partial charge in [-0.2, -0.15) is 13.2 Å². The molecule has 0 aliphatic carbocycles. The van der Waals surface area contributed by atoms with Crippen molar-refractivity contribution >= 4 is 17.1 Å². The molecule has 4 nitrogen and oxygen atoms in total. The van der Waals surface area contributed by atoms with Crippen LogP contribution >= 0.6 is 0 Å². The number of benzene rings is 1. The Morgan fingerprint density at radius 1 is 1.35 bits per heavy atom. The van der Waals surface area contributed by atoms with Gasteiger partial charge in [-0.3, -0.25) is 0 Å². The molecule has 1 amide bonds. The normalized spacial score (nSPS) is 11.8. The fourth-order valence-corrected chi connectivity index (χ4v) is 1.53. The quantitative estimate of drug-likeness (QED) is 0.771. The molecule has 0 atom stereocenters. The predicted octanol–water partition coefficient (Wildman–Crippen LogP) is 2.24. The van der Waals surface area contributed by atoms with E-state index in [2.05, 4.69) is 10.3 Å². The van der Waals surface area contributed by atoms with Gasteiger partial charge < -0.3 is 5.32 Å². The van der Waals surface area contributed by atoms with Gasteiger partial charge in [-0.1, -0.05) is 12.1 Å². The number of amides is 1. The minimum Gasteiger partial charge on any atom is -0.340 e. The molecule has 0 spiro atoms. The number of fused-ring (bicyclic) bond motifs is 1. The van der Waals surface area contributed by atoms with Gasteiger partial charge in [0, 0.05) is 7.05 Å². The van der Waals surface area contributed by atoms with Gasteiger partial charge in [0.05, 0.1) is 11.0 Å². The topological polar surface area (TPSA) is 46.9 Å². The van der Waals surface area contributed by atoms with E-state index in [0.717, 1.165) is 0 Å². The smallest absolute Gasteiger partial charge is 0.340 e. The van der Waals surface area contributed by atoms with Crippen molar-refractivity contribution in [2.24, 2.45) is 0 Å². The lowest BCUT2D eigenvalue weighted by molar-refractivity contribution is -0.145. The first-order valence-corrected chi connectivity index (χ1v) is 4.72. The summed E-state index contributed by atoms with van der Waals surface area (Å²) in [5.74, 6) is -1.22. The minimum absolute atomic E-state index is 0.124. The monoisotopic (exact) mass is 243 g/mol. The van der Waals surface area contributed by atoms with Gasteiger partial charge in [-0.15, -0.1) is 0 Å². The summed E-state index contributed by atoms with van der Waals surface area (Å²) >= 11 is 0. The van der Waals surface area contributed by atoms with Crippen molar-refractivity contribution in [1.82, 2.24) is 14.9 Å². The maximum absolute atomic E-state index is 12.7. The Morgan fingerprint density at radius 3 is 2.59 bits per heavy atom. The molecule has 7 heteroatoms. The van der Waals surface area contributed by atoms with Crippen molar-refractivity contribution in [3.63, 3.8) is 0 Å². The summed E-state index contributed by atoms with van der Waals surface area (Å²) in [5, 5.41) is 2.16. The molecule has 0 fully saturated rings. The summed E-state index contributed by atoms with van der Waals surface area (Å²) in [5.41, 5.74) is 0.252. The van der Waals surface area contributed by atoms with E-state index in [-0.39, 0.29) is 11.0 Å². The van der Waals surface area contributed by atoms with Gasteiger partial charge in [-0.25, -0.2) is 14.3 Å². The lowest BCUT2D eigenvalue weighted by atomic mass is 10.3. The first-order chi connectivity index (χ1) is 7.95. The van der Waals surface area contributed by atoms with Crippen molar-refractivity contribution in [2.75, 3.05) is 7.05 Å². The van der Waals surface area contributed by atoms with Crippen LogP contribution in [-0.4, -0.2) is 22.6 Å². The largest absolute Gasteiger partial charge is 0.450 e.